The second-order valence-electron chi connectivity index (χ2n) is 10.1. The summed E-state index contributed by atoms with van der Waals surface area (Å²) in [7, 11) is 0. The molecule has 2 fully saturated rings. The molecule has 1 unspecified atom stereocenters. The highest BCUT2D eigenvalue weighted by Crippen LogP contribution is 2.25. The highest BCUT2D eigenvalue weighted by molar-refractivity contribution is 6.08. The van der Waals surface area contributed by atoms with E-state index in [4.69, 9.17) is 0 Å². The molecule has 13 heteroatoms. The third-order valence-electron chi connectivity index (χ3n) is 7.56. The van der Waals surface area contributed by atoms with E-state index in [-0.39, 0.29) is 54.7 Å². The number of hydrogen-bond acceptors (Lipinski definition) is 6. The molecule has 9 nitrogen and oxygen atoms in total. The molecule has 216 valence electrons. The molecule has 0 radical (unpaired) electrons. The summed E-state index contributed by atoms with van der Waals surface area (Å²) in [6.07, 6.45) is -0.104. The highest BCUT2D eigenvalue weighted by Gasteiger charge is 2.47. The number of quaternary nitrogens is 1. The van der Waals surface area contributed by atoms with E-state index >= 15 is 0 Å². The van der Waals surface area contributed by atoms with Crippen LogP contribution < -0.4 is 5.17 Å². The van der Waals surface area contributed by atoms with Crippen LogP contribution in [-0.4, -0.2) is 71.1 Å². The van der Waals surface area contributed by atoms with Gasteiger partial charge < -0.3 is 9.80 Å². The Morgan fingerprint density at radius 1 is 1.12 bits per heavy atom. The third kappa shape index (κ3) is 6.24. The number of piperazine rings is 1. The van der Waals surface area contributed by atoms with Gasteiger partial charge in [-0.1, -0.05) is 32.3 Å². The molecular weight excluding hydrogens is 536 g/mol. The van der Waals surface area contributed by atoms with Crippen LogP contribution in [0, 0.1) is 5.82 Å². The Balaban J connectivity index is 1.52. The van der Waals surface area contributed by atoms with Crippen LogP contribution in [0.3, 0.4) is 0 Å². The van der Waals surface area contributed by atoms with E-state index in [2.05, 4.69) is 9.94 Å². The van der Waals surface area contributed by atoms with E-state index in [0.29, 0.717) is 17.7 Å². The Bertz CT molecular complexity index is 1270. The van der Waals surface area contributed by atoms with E-state index < -0.39 is 34.9 Å². The summed E-state index contributed by atoms with van der Waals surface area (Å²) in [5, 5.41) is 2.89. The van der Waals surface area contributed by atoms with Crippen LogP contribution in [0.15, 0.2) is 34.4 Å². The van der Waals surface area contributed by atoms with Crippen LogP contribution in [-0.2, 0) is 25.6 Å². The van der Waals surface area contributed by atoms with E-state index in [0.717, 1.165) is 38.2 Å². The fourth-order valence-electron chi connectivity index (χ4n) is 5.39. The van der Waals surface area contributed by atoms with Gasteiger partial charge in [-0.05, 0) is 54.6 Å². The minimum Gasteiger partial charge on any atom is -0.336 e. The monoisotopic (exact) mass is 567 g/mol. The minimum absolute atomic E-state index is 0.0787. The number of hydrogen-bond donors (Lipinski definition) is 1. The SMILES string of the molecule is CCC1=C(C)C(Cc2ccc(F)c(C(=O)N3CCN(C4CCCCC4)C(=O)C3)c2)=N[NH+](OC(=O)C(F)(F)F)C1=O. The van der Waals surface area contributed by atoms with Crippen LogP contribution in [0.25, 0.3) is 0 Å². The van der Waals surface area contributed by atoms with E-state index in [1.54, 1.807) is 13.8 Å². The summed E-state index contributed by atoms with van der Waals surface area (Å²) in [6, 6.07) is 3.95. The predicted molar refractivity (Wildman–Crippen MR) is 133 cm³/mol. The number of halogens is 4. The maximum atomic E-state index is 14.8. The van der Waals surface area contributed by atoms with Crippen molar-refractivity contribution in [3.8, 4) is 0 Å². The Hall–Kier alpha value is -3.61. The van der Waals surface area contributed by atoms with Crippen molar-refractivity contribution in [2.24, 2.45) is 5.10 Å². The van der Waals surface area contributed by atoms with Crippen LogP contribution in [0.4, 0.5) is 17.6 Å². The molecule has 1 aliphatic carbocycles. The lowest BCUT2D eigenvalue weighted by molar-refractivity contribution is -1.01. The van der Waals surface area contributed by atoms with Crippen LogP contribution in [0.2, 0.25) is 0 Å². The quantitative estimate of drug-likeness (QED) is 0.533. The minimum atomic E-state index is -5.32. The number of hydroxylamine groups is 1. The van der Waals surface area contributed by atoms with Crippen molar-refractivity contribution < 1.29 is 46.7 Å². The zero-order valence-electron chi connectivity index (χ0n) is 22.3. The zero-order chi connectivity index (χ0) is 29.2. The van der Waals surface area contributed by atoms with Crippen molar-refractivity contribution in [2.45, 2.75) is 71.0 Å². The van der Waals surface area contributed by atoms with Gasteiger partial charge in [-0.25, -0.2) is 18.8 Å². The number of benzene rings is 1. The number of rotatable bonds is 6. The molecule has 1 aromatic carbocycles. The molecule has 0 spiro atoms. The number of carbonyl (C=O) groups is 4. The zero-order valence-corrected chi connectivity index (χ0v) is 22.3. The fourth-order valence-corrected chi connectivity index (χ4v) is 5.39. The molecule has 0 bridgehead atoms. The summed E-state index contributed by atoms with van der Waals surface area (Å²) in [6.45, 7) is 3.67. The Kier molecular flexibility index (Phi) is 8.71. The van der Waals surface area contributed by atoms with Crippen LogP contribution >= 0.6 is 0 Å². The van der Waals surface area contributed by atoms with Gasteiger partial charge in [-0.15, -0.1) is 0 Å². The Labute approximate surface area is 228 Å². The highest BCUT2D eigenvalue weighted by atomic mass is 19.4. The lowest BCUT2D eigenvalue weighted by Gasteiger charge is -2.40. The molecule has 40 heavy (non-hydrogen) atoms. The molecule has 2 heterocycles. The second-order valence-corrected chi connectivity index (χ2v) is 10.1. The molecule has 1 atom stereocenters. The first kappa shape index (κ1) is 29.4. The molecule has 0 aromatic heterocycles. The van der Waals surface area contributed by atoms with E-state index in [1.165, 1.54) is 17.0 Å². The summed E-state index contributed by atoms with van der Waals surface area (Å²) in [5.41, 5.74) is 0.793. The van der Waals surface area contributed by atoms with Gasteiger partial charge in [0.05, 0.1) is 11.1 Å². The van der Waals surface area contributed by atoms with Gasteiger partial charge in [0.15, 0.2) is 0 Å². The van der Waals surface area contributed by atoms with Gasteiger partial charge in [0.25, 0.3) is 5.91 Å². The number of alkyl halides is 3. The standard InChI is InChI=1S/C27H30F4N4O5/c1-3-19-16(2)22(32-35(25(19)38)40-26(39)27(29,30)31)14-17-9-10-21(28)20(13-17)24(37)33-11-12-34(23(36)15-33)18-7-5-4-6-8-18/h9-10,13,18H,3-8,11-12,14-15H2,1-2H3/p+1. The molecule has 4 rings (SSSR count). The predicted octanol–water partition coefficient (Wildman–Crippen LogP) is 2.51. The Morgan fingerprint density at radius 2 is 1.82 bits per heavy atom. The molecule has 1 saturated heterocycles. The third-order valence-corrected chi connectivity index (χ3v) is 7.56. The van der Waals surface area contributed by atoms with Crippen LogP contribution in [0.5, 0.6) is 0 Å². The lowest BCUT2D eigenvalue weighted by Crippen LogP contribution is -3.11. The van der Waals surface area contributed by atoms with Crippen molar-refractivity contribution in [1.82, 2.24) is 9.80 Å². The number of nitrogens with one attached hydrogen (secondary N) is 1. The number of nitrogens with zero attached hydrogens (tertiary/aromatic N) is 3. The van der Waals surface area contributed by atoms with Gasteiger partial charge in [0.2, 0.25) is 5.91 Å². The van der Waals surface area contributed by atoms with Crippen LogP contribution in [0.1, 0.15) is 68.3 Å². The van der Waals surface area contributed by atoms with Crippen molar-refractivity contribution in [3.63, 3.8) is 0 Å². The summed E-state index contributed by atoms with van der Waals surface area (Å²) in [5.74, 6) is -5.10. The average molecular weight is 568 g/mol. The molecule has 3 aliphatic rings. The summed E-state index contributed by atoms with van der Waals surface area (Å²) in [4.78, 5) is 57.4. The Morgan fingerprint density at radius 3 is 2.45 bits per heavy atom. The van der Waals surface area contributed by atoms with Crippen molar-refractivity contribution >= 4 is 29.4 Å². The van der Waals surface area contributed by atoms with Gasteiger partial charge in [0, 0.05) is 30.7 Å². The maximum absolute atomic E-state index is 14.8. The maximum Gasteiger partial charge on any atom is 0.497 e. The number of amides is 3. The van der Waals surface area contributed by atoms with Gasteiger partial charge in [0.1, 0.15) is 18.1 Å². The lowest BCUT2D eigenvalue weighted by atomic mass is 9.93. The topological polar surface area (TPSA) is 101 Å². The van der Waals surface area contributed by atoms with Crippen molar-refractivity contribution in [2.75, 3.05) is 19.6 Å². The molecule has 1 saturated carbocycles. The van der Waals surface area contributed by atoms with Gasteiger partial charge in [-0.3, -0.25) is 9.59 Å². The van der Waals surface area contributed by atoms with Crippen molar-refractivity contribution in [1.29, 1.82) is 0 Å². The van der Waals surface area contributed by atoms with Crippen molar-refractivity contribution in [3.05, 3.63) is 46.3 Å². The average Bonchev–Trinajstić information content (AvgIpc) is 2.92. The van der Waals surface area contributed by atoms with Gasteiger partial charge >= 0.3 is 18.1 Å². The summed E-state index contributed by atoms with van der Waals surface area (Å²) >= 11 is 0. The normalized spacial score (nSPS) is 21.1. The second kappa shape index (κ2) is 11.9. The number of allylic oxidation sites excluding steroid dienone is 1. The first-order valence-electron chi connectivity index (χ1n) is 13.3. The molecular formula is C27H31F4N4O5+. The summed E-state index contributed by atoms with van der Waals surface area (Å²) < 4.78 is 53.0. The number of carbonyl (C=O) groups excluding carboxylic acids is 4. The largest absolute Gasteiger partial charge is 0.497 e. The molecule has 1 N–H and O–H groups in total. The molecule has 2 aliphatic heterocycles. The molecule has 3 amide bonds. The smallest absolute Gasteiger partial charge is 0.336 e. The first-order valence-corrected chi connectivity index (χ1v) is 13.3. The fraction of sp³-hybridized carbons (Fsp3) is 0.519. The van der Waals surface area contributed by atoms with Gasteiger partial charge in [-0.2, -0.15) is 13.2 Å². The first-order chi connectivity index (χ1) is 18.9. The van der Waals surface area contributed by atoms with E-state index in [1.807, 2.05) is 4.90 Å². The molecule has 1 aromatic rings. The van der Waals surface area contributed by atoms with E-state index in [9.17, 15) is 36.7 Å².